The zero-order valence-electron chi connectivity index (χ0n) is 17.7. The van der Waals surface area contributed by atoms with Crippen LogP contribution >= 0.6 is 0 Å². The van der Waals surface area contributed by atoms with Crippen molar-refractivity contribution in [3.8, 4) is 22.9 Å². The van der Waals surface area contributed by atoms with Crippen LogP contribution in [0.5, 0.6) is 0 Å². The topological polar surface area (TPSA) is 22.0 Å². The molecule has 0 aliphatic heterocycles. The molecule has 0 N–H and O–H groups in total. The summed E-state index contributed by atoms with van der Waals surface area (Å²) in [6.07, 6.45) is 6.18. The van der Waals surface area contributed by atoms with E-state index in [9.17, 15) is 4.79 Å². The van der Waals surface area contributed by atoms with Crippen LogP contribution in [0.3, 0.4) is 0 Å². The zero-order valence-corrected chi connectivity index (χ0v) is 19.7. The highest BCUT2D eigenvalue weighted by Gasteiger charge is 2.41. The molecule has 1 aliphatic rings. The minimum atomic E-state index is -1.46. The fourth-order valence-electron chi connectivity index (χ4n) is 3.48. The van der Waals surface area contributed by atoms with Crippen LogP contribution < -0.4 is 0 Å². The quantitative estimate of drug-likeness (QED) is 0.377. The number of hydrogen-bond donors (Lipinski definition) is 0. The molecule has 2 rings (SSSR count). The molecule has 0 radical (unpaired) electrons. The first-order valence-corrected chi connectivity index (χ1v) is 16.9. The van der Waals surface area contributed by atoms with E-state index < -0.39 is 16.1 Å². The van der Waals surface area contributed by atoms with Gasteiger partial charge in [-0.15, -0.1) is 22.9 Å². The van der Waals surface area contributed by atoms with Gasteiger partial charge in [-0.1, -0.05) is 51.4 Å². The third kappa shape index (κ3) is 6.41. The highest BCUT2D eigenvalue weighted by atomic mass is 28.3. The first-order chi connectivity index (χ1) is 12.5. The first-order valence-electron chi connectivity index (χ1n) is 9.85. The normalized spacial score (nSPS) is 22.6. The van der Waals surface area contributed by atoms with Gasteiger partial charge in [0.2, 0.25) is 5.91 Å². The van der Waals surface area contributed by atoms with E-state index in [4.69, 9.17) is 0 Å². The van der Waals surface area contributed by atoms with Crippen molar-refractivity contribution in [1.82, 2.24) is 4.57 Å². The Bertz CT molecular complexity index is 801. The average Bonchev–Trinajstić information content (AvgIpc) is 3.15. The van der Waals surface area contributed by atoms with Crippen LogP contribution in [0.1, 0.15) is 24.1 Å². The Morgan fingerprint density at radius 2 is 1.70 bits per heavy atom. The van der Waals surface area contributed by atoms with Crippen molar-refractivity contribution in [2.24, 2.45) is 17.8 Å². The summed E-state index contributed by atoms with van der Waals surface area (Å²) in [4.78, 5) is 13.1. The summed E-state index contributed by atoms with van der Waals surface area (Å²) in [5, 5.41) is 0. The number of carbonyl (C=O) groups excluding carboxylic acids is 1. The van der Waals surface area contributed by atoms with E-state index in [1.54, 1.807) is 4.57 Å². The van der Waals surface area contributed by atoms with Gasteiger partial charge >= 0.3 is 0 Å². The summed E-state index contributed by atoms with van der Waals surface area (Å²) in [7, 11) is -2.82. The van der Waals surface area contributed by atoms with Gasteiger partial charge in [0.15, 0.2) is 0 Å². The molecule has 1 saturated carbocycles. The molecule has 1 fully saturated rings. The fourth-order valence-corrected chi connectivity index (χ4v) is 4.72. The number of aromatic nitrogens is 1. The molecule has 3 atom stereocenters. The molecule has 0 amide bonds. The lowest BCUT2D eigenvalue weighted by atomic mass is 9.85. The van der Waals surface area contributed by atoms with Gasteiger partial charge < -0.3 is 0 Å². The third-order valence-electron chi connectivity index (χ3n) is 4.71. The van der Waals surface area contributed by atoms with Gasteiger partial charge in [0.25, 0.3) is 0 Å². The van der Waals surface area contributed by atoms with Crippen molar-refractivity contribution < 1.29 is 4.79 Å². The van der Waals surface area contributed by atoms with Crippen molar-refractivity contribution in [2.75, 3.05) is 0 Å². The van der Waals surface area contributed by atoms with Gasteiger partial charge in [0.1, 0.15) is 16.1 Å². The molecule has 1 aliphatic carbocycles. The zero-order chi connectivity index (χ0) is 20.2. The van der Waals surface area contributed by atoms with E-state index in [0.29, 0.717) is 0 Å². The summed E-state index contributed by atoms with van der Waals surface area (Å²) in [6, 6.07) is 3.80. The van der Waals surface area contributed by atoms with E-state index in [0.717, 1.165) is 24.8 Å². The van der Waals surface area contributed by atoms with Crippen LogP contribution in [0, 0.1) is 40.7 Å². The summed E-state index contributed by atoms with van der Waals surface area (Å²) in [5.74, 6) is 7.36. The van der Waals surface area contributed by atoms with Crippen molar-refractivity contribution in [2.45, 2.75) is 58.5 Å². The Hall–Kier alpha value is -1.76. The van der Waals surface area contributed by atoms with E-state index >= 15 is 0 Å². The molecule has 1 heterocycles. The molecule has 0 aromatic carbocycles. The van der Waals surface area contributed by atoms with Crippen molar-refractivity contribution in [3.63, 3.8) is 0 Å². The molecule has 2 nitrogen and oxygen atoms in total. The average molecular weight is 396 g/mol. The maximum absolute atomic E-state index is 13.1. The van der Waals surface area contributed by atoms with Gasteiger partial charge in [-0.25, -0.2) is 0 Å². The molecule has 4 heteroatoms. The SMILES string of the molecule is C=C1C[C@H](C(=O)n2cccc2)[C@@H](CCC#C[Si](C)(C)C)[C@H]1C#C[Si](C)(C)C. The summed E-state index contributed by atoms with van der Waals surface area (Å²) in [6.45, 7) is 17.9. The van der Waals surface area contributed by atoms with Crippen LogP contribution in [0.15, 0.2) is 36.7 Å². The minimum absolute atomic E-state index is 0.0421. The van der Waals surface area contributed by atoms with E-state index in [1.807, 2.05) is 24.5 Å². The van der Waals surface area contributed by atoms with Crippen LogP contribution in [0.25, 0.3) is 0 Å². The summed E-state index contributed by atoms with van der Waals surface area (Å²) in [5.41, 5.74) is 8.08. The molecule has 0 unspecified atom stereocenters. The number of hydrogen-bond acceptors (Lipinski definition) is 1. The largest absolute Gasteiger partial charge is 0.294 e. The lowest BCUT2D eigenvalue weighted by Gasteiger charge is -2.21. The van der Waals surface area contributed by atoms with E-state index in [2.05, 4.69) is 68.8 Å². The number of allylic oxidation sites excluding steroid dienone is 1. The Morgan fingerprint density at radius 1 is 1.11 bits per heavy atom. The van der Waals surface area contributed by atoms with E-state index in [1.165, 1.54) is 0 Å². The molecule has 1 aromatic rings. The summed E-state index contributed by atoms with van der Waals surface area (Å²) >= 11 is 0. The molecule has 1 aromatic heterocycles. The second kappa shape index (κ2) is 8.50. The molecule has 0 bridgehead atoms. The second-order valence-electron chi connectivity index (χ2n) is 9.65. The van der Waals surface area contributed by atoms with E-state index in [-0.39, 0.29) is 23.7 Å². The highest BCUT2D eigenvalue weighted by Crippen LogP contribution is 2.43. The Morgan fingerprint density at radius 3 is 2.26 bits per heavy atom. The minimum Gasteiger partial charge on any atom is -0.294 e. The standard InChI is InChI=1S/C23H33NOSi2/c1-19-18-22(23(25)24-14-9-10-15-24)21(12-8-11-16-26(2,3)4)20(19)13-17-27(5,6)7/h9-10,14-15,20-22H,1,8,12,18H2,2-7H3/t20-,21-,22-/m0/s1. The maximum atomic E-state index is 13.1. The van der Waals surface area contributed by atoms with Crippen LogP contribution in [-0.2, 0) is 0 Å². The molecule has 0 spiro atoms. The number of nitrogens with zero attached hydrogens (tertiary/aromatic N) is 1. The Kier molecular flexibility index (Phi) is 6.79. The Balaban J connectivity index is 2.26. The van der Waals surface area contributed by atoms with Crippen molar-refractivity contribution >= 4 is 22.1 Å². The molecular formula is C23H33NOSi2. The van der Waals surface area contributed by atoms with Crippen molar-refractivity contribution in [1.29, 1.82) is 0 Å². The lowest BCUT2D eigenvalue weighted by molar-refractivity contribution is 0.0793. The van der Waals surface area contributed by atoms with Crippen LogP contribution in [-0.4, -0.2) is 26.6 Å². The van der Waals surface area contributed by atoms with Gasteiger partial charge in [0.05, 0.1) is 0 Å². The molecule has 144 valence electrons. The molecule has 27 heavy (non-hydrogen) atoms. The second-order valence-corrected chi connectivity index (χ2v) is 19.1. The van der Waals surface area contributed by atoms with Crippen LogP contribution in [0.4, 0.5) is 0 Å². The van der Waals surface area contributed by atoms with Gasteiger partial charge in [-0.2, -0.15) is 0 Å². The summed E-state index contributed by atoms with van der Waals surface area (Å²) < 4.78 is 1.72. The molecular weight excluding hydrogens is 362 g/mol. The number of carbonyl (C=O) groups is 1. The highest BCUT2D eigenvalue weighted by molar-refractivity contribution is 6.84. The predicted molar refractivity (Wildman–Crippen MR) is 121 cm³/mol. The lowest BCUT2D eigenvalue weighted by Crippen LogP contribution is -2.26. The predicted octanol–water partition coefficient (Wildman–Crippen LogP) is 5.48. The third-order valence-corrected chi connectivity index (χ3v) is 6.53. The first kappa shape index (κ1) is 21.5. The molecule has 0 saturated heterocycles. The maximum Gasteiger partial charge on any atom is 0.234 e. The van der Waals surface area contributed by atoms with Crippen molar-refractivity contribution in [3.05, 3.63) is 36.7 Å². The van der Waals surface area contributed by atoms with Crippen LogP contribution in [0.2, 0.25) is 39.3 Å². The Labute approximate surface area is 167 Å². The smallest absolute Gasteiger partial charge is 0.234 e. The van der Waals surface area contributed by atoms with Gasteiger partial charge in [0, 0.05) is 30.7 Å². The van der Waals surface area contributed by atoms with Gasteiger partial charge in [-0.3, -0.25) is 9.36 Å². The number of rotatable bonds is 3. The fraction of sp³-hybridized carbons (Fsp3) is 0.522. The monoisotopic (exact) mass is 395 g/mol. The van der Waals surface area contributed by atoms with Gasteiger partial charge in [-0.05, 0) is 30.9 Å².